The monoisotopic (exact) mass is 347 g/mol. The van der Waals surface area contributed by atoms with Crippen LogP contribution in [0.15, 0.2) is 59.1 Å². The van der Waals surface area contributed by atoms with Gasteiger partial charge >= 0.3 is 0 Å². The SMILES string of the molecule is CC(CC(=O)NOCc1ccccc1)c1ccc(Br)cc1. The van der Waals surface area contributed by atoms with Gasteiger partial charge in [-0.15, -0.1) is 0 Å². The van der Waals surface area contributed by atoms with Gasteiger partial charge in [0.05, 0.1) is 6.61 Å². The lowest BCUT2D eigenvalue weighted by Gasteiger charge is -2.12. The van der Waals surface area contributed by atoms with Crippen LogP contribution in [-0.2, 0) is 16.2 Å². The van der Waals surface area contributed by atoms with E-state index in [0.717, 1.165) is 15.6 Å². The molecule has 0 saturated heterocycles. The topological polar surface area (TPSA) is 38.3 Å². The van der Waals surface area contributed by atoms with Gasteiger partial charge in [0.25, 0.3) is 0 Å². The molecule has 2 aromatic rings. The van der Waals surface area contributed by atoms with E-state index in [4.69, 9.17) is 4.84 Å². The van der Waals surface area contributed by atoms with E-state index in [1.807, 2.05) is 61.5 Å². The second kappa shape index (κ2) is 7.96. The summed E-state index contributed by atoms with van der Waals surface area (Å²) in [5.41, 5.74) is 4.66. The molecule has 1 unspecified atom stereocenters. The summed E-state index contributed by atoms with van der Waals surface area (Å²) in [7, 11) is 0. The lowest BCUT2D eigenvalue weighted by molar-refractivity contribution is -0.134. The molecule has 0 heterocycles. The Bertz CT molecular complexity index is 569. The Morgan fingerprint density at radius 1 is 1.14 bits per heavy atom. The molecule has 0 bridgehead atoms. The van der Waals surface area contributed by atoms with Crippen molar-refractivity contribution in [3.63, 3.8) is 0 Å². The standard InChI is InChI=1S/C17H18BrNO2/c1-13(15-7-9-16(18)10-8-15)11-17(20)19-21-12-14-5-3-2-4-6-14/h2-10,13H,11-12H2,1H3,(H,19,20). The molecule has 0 radical (unpaired) electrons. The Morgan fingerprint density at radius 2 is 1.81 bits per heavy atom. The molecule has 0 fully saturated rings. The van der Waals surface area contributed by atoms with Gasteiger partial charge in [-0.2, -0.15) is 0 Å². The lowest BCUT2D eigenvalue weighted by Crippen LogP contribution is -2.24. The third kappa shape index (κ3) is 5.33. The molecule has 2 rings (SSSR count). The van der Waals surface area contributed by atoms with Crippen molar-refractivity contribution in [2.24, 2.45) is 0 Å². The van der Waals surface area contributed by atoms with E-state index >= 15 is 0 Å². The summed E-state index contributed by atoms with van der Waals surface area (Å²) in [6.07, 6.45) is 0.399. The highest BCUT2D eigenvalue weighted by atomic mass is 79.9. The number of rotatable bonds is 6. The van der Waals surface area contributed by atoms with Gasteiger partial charge in [-0.3, -0.25) is 9.63 Å². The van der Waals surface area contributed by atoms with Crippen LogP contribution in [0.4, 0.5) is 0 Å². The van der Waals surface area contributed by atoms with Crippen LogP contribution in [0.2, 0.25) is 0 Å². The Labute approximate surface area is 133 Å². The minimum Gasteiger partial charge on any atom is -0.273 e. The number of hydroxylamine groups is 1. The third-order valence-electron chi connectivity index (χ3n) is 3.20. The van der Waals surface area contributed by atoms with Gasteiger partial charge in [-0.25, -0.2) is 5.48 Å². The first-order chi connectivity index (χ1) is 10.1. The number of halogens is 1. The van der Waals surface area contributed by atoms with Gasteiger partial charge < -0.3 is 0 Å². The third-order valence-corrected chi connectivity index (χ3v) is 3.73. The largest absolute Gasteiger partial charge is 0.273 e. The molecule has 2 aromatic carbocycles. The summed E-state index contributed by atoms with van der Waals surface area (Å²) in [6, 6.07) is 17.7. The maximum atomic E-state index is 11.8. The van der Waals surface area contributed by atoms with Crippen molar-refractivity contribution in [3.05, 3.63) is 70.2 Å². The molecule has 0 aliphatic carbocycles. The van der Waals surface area contributed by atoms with Gasteiger partial charge in [-0.1, -0.05) is 65.3 Å². The van der Waals surface area contributed by atoms with Gasteiger partial charge in [-0.05, 0) is 29.2 Å². The summed E-state index contributed by atoms with van der Waals surface area (Å²) in [5.74, 6) is 0.0415. The molecule has 0 spiro atoms. The van der Waals surface area contributed by atoms with Crippen LogP contribution in [0, 0.1) is 0 Å². The number of hydrogen-bond acceptors (Lipinski definition) is 2. The maximum absolute atomic E-state index is 11.8. The van der Waals surface area contributed by atoms with E-state index in [1.165, 1.54) is 0 Å². The Hall–Kier alpha value is -1.65. The van der Waals surface area contributed by atoms with Crippen molar-refractivity contribution in [2.45, 2.75) is 25.9 Å². The van der Waals surface area contributed by atoms with Crippen molar-refractivity contribution < 1.29 is 9.63 Å². The normalized spacial score (nSPS) is 11.9. The molecule has 21 heavy (non-hydrogen) atoms. The van der Waals surface area contributed by atoms with E-state index in [-0.39, 0.29) is 11.8 Å². The zero-order chi connectivity index (χ0) is 15.1. The number of nitrogens with one attached hydrogen (secondary N) is 1. The van der Waals surface area contributed by atoms with Gasteiger partial charge in [0.2, 0.25) is 5.91 Å². The van der Waals surface area contributed by atoms with Crippen LogP contribution >= 0.6 is 15.9 Å². The Kier molecular flexibility index (Phi) is 5.96. The van der Waals surface area contributed by atoms with Crippen LogP contribution in [0.3, 0.4) is 0 Å². The van der Waals surface area contributed by atoms with Crippen LogP contribution in [-0.4, -0.2) is 5.91 Å². The summed E-state index contributed by atoms with van der Waals surface area (Å²) in [5, 5.41) is 0. The minimum atomic E-state index is -0.110. The van der Waals surface area contributed by atoms with Gasteiger partial charge in [0, 0.05) is 10.9 Å². The fourth-order valence-corrected chi connectivity index (χ4v) is 2.27. The van der Waals surface area contributed by atoms with Gasteiger partial charge in [0.1, 0.15) is 0 Å². The molecular formula is C17H18BrNO2. The fourth-order valence-electron chi connectivity index (χ4n) is 2.00. The van der Waals surface area contributed by atoms with Crippen LogP contribution in [0.25, 0.3) is 0 Å². The summed E-state index contributed by atoms with van der Waals surface area (Å²) in [4.78, 5) is 17.1. The molecule has 0 aliphatic heterocycles. The smallest absolute Gasteiger partial charge is 0.244 e. The Morgan fingerprint density at radius 3 is 2.48 bits per heavy atom. The van der Waals surface area contributed by atoms with E-state index in [2.05, 4.69) is 21.4 Å². The molecule has 3 nitrogen and oxygen atoms in total. The molecule has 4 heteroatoms. The second-order valence-corrected chi connectivity index (χ2v) is 5.87. The van der Waals surface area contributed by atoms with Crippen molar-refractivity contribution in [1.82, 2.24) is 5.48 Å². The summed E-state index contributed by atoms with van der Waals surface area (Å²) >= 11 is 3.40. The number of carbonyl (C=O) groups excluding carboxylic acids is 1. The first-order valence-electron chi connectivity index (χ1n) is 6.85. The minimum absolute atomic E-state index is 0.110. The second-order valence-electron chi connectivity index (χ2n) is 4.96. The molecule has 0 aliphatic rings. The average Bonchev–Trinajstić information content (AvgIpc) is 2.49. The fraction of sp³-hybridized carbons (Fsp3) is 0.235. The molecule has 1 atom stereocenters. The molecule has 1 N–H and O–H groups in total. The predicted molar refractivity (Wildman–Crippen MR) is 86.5 cm³/mol. The van der Waals surface area contributed by atoms with Crippen molar-refractivity contribution in [3.8, 4) is 0 Å². The van der Waals surface area contributed by atoms with Crippen LogP contribution < -0.4 is 5.48 Å². The maximum Gasteiger partial charge on any atom is 0.244 e. The average molecular weight is 348 g/mol. The van der Waals surface area contributed by atoms with Crippen molar-refractivity contribution >= 4 is 21.8 Å². The number of hydrogen-bond donors (Lipinski definition) is 1. The molecule has 0 aromatic heterocycles. The van der Waals surface area contributed by atoms with Crippen molar-refractivity contribution in [1.29, 1.82) is 0 Å². The highest BCUT2D eigenvalue weighted by Crippen LogP contribution is 2.21. The van der Waals surface area contributed by atoms with Crippen LogP contribution in [0.5, 0.6) is 0 Å². The highest BCUT2D eigenvalue weighted by molar-refractivity contribution is 9.10. The number of benzene rings is 2. The molecule has 1 amide bonds. The zero-order valence-electron chi connectivity index (χ0n) is 11.9. The summed E-state index contributed by atoms with van der Waals surface area (Å²) in [6.45, 7) is 2.40. The zero-order valence-corrected chi connectivity index (χ0v) is 13.5. The Balaban J connectivity index is 1.75. The summed E-state index contributed by atoms with van der Waals surface area (Å²) < 4.78 is 1.04. The van der Waals surface area contributed by atoms with Gasteiger partial charge in [0.15, 0.2) is 0 Å². The quantitative estimate of drug-likeness (QED) is 0.795. The van der Waals surface area contributed by atoms with Crippen LogP contribution in [0.1, 0.15) is 30.4 Å². The lowest BCUT2D eigenvalue weighted by atomic mass is 9.98. The van der Waals surface area contributed by atoms with Crippen molar-refractivity contribution in [2.75, 3.05) is 0 Å². The first kappa shape index (κ1) is 15.7. The van der Waals surface area contributed by atoms with E-state index in [1.54, 1.807) is 0 Å². The van der Waals surface area contributed by atoms with E-state index in [0.29, 0.717) is 13.0 Å². The van der Waals surface area contributed by atoms with E-state index in [9.17, 15) is 4.79 Å². The number of amides is 1. The molecule has 0 saturated carbocycles. The predicted octanol–water partition coefficient (Wildman–Crippen LogP) is 4.19. The first-order valence-corrected chi connectivity index (χ1v) is 7.64. The highest BCUT2D eigenvalue weighted by Gasteiger charge is 2.11. The number of carbonyl (C=O) groups is 1. The molecular weight excluding hydrogens is 330 g/mol. The molecule has 110 valence electrons. The van der Waals surface area contributed by atoms with E-state index < -0.39 is 0 Å².